The van der Waals surface area contributed by atoms with Gasteiger partial charge < -0.3 is 28.4 Å². The molecule has 0 aliphatic carbocycles. The number of fused-ring (bicyclic) bond motifs is 2. The minimum atomic E-state index is 0.438. The monoisotopic (exact) mass is 472 g/mol. The molecular weight excluding hydrogens is 432 g/mol. The Balaban J connectivity index is 1.64. The highest BCUT2D eigenvalue weighted by Gasteiger charge is 2.13. The van der Waals surface area contributed by atoms with Crippen LogP contribution in [0.2, 0.25) is 0 Å². The van der Waals surface area contributed by atoms with Crippen molar-refractivity contribution in [1.82, 2.24) is 0 Å². The molecule has 3 rings (SSSR count). The fourth-order valence-corrected chi connectivity index (χ4v) is 3.64. The van der Waals surface area contributed by atoms with Gasteiger partial charge in [0.05, 0.1) is 26.4 Å². The Labute approximate surface area is 204 Å². The fourth-order valence-electron chi connectivity index (χ4n) is 3.64. The summed E-state index contributed by atoms with van der Waals surface area (Å²) in [6.45, 7) is 12.4. The highest BCUT2D eigenvalue weighted by molar-refractivity contribution is 5.45. The van der Waals surface area contributed by atoms with Crippen molar-refractivity contribution in [3.8, 4) is 23.0 Å². The van der Waals surface area contributed by atoms with E-state index < -0.39 is 0 Å². The molecule has 6 nitrogen and oxygen atoms in total. The maximum Gasteiger partial charge on any atom is 0.161 e. The summed E-state index contributed by atoms with van der Waals surface area (Å²) in [6, 6.07) is 12.3. The van der Waals surface area contributed by atoms with Gasteiger partial charge in [-0.25, -0.2) is 0 Å². The number of benzene rings is 2. The molecule has 0 fully saturated rings. The van der Waals surface area contributed by atoms with E-state index >= 15 is 0 Å². The molecule has 0 saturated heterocycles. The van der Waals surface area contributed by atoms with Gasteiger partial charge >= 0.3 is 0 Å². The van der Waals surface area contributed by atoms with Crippen LogP contribution in [0, 0.1) is 0 Å². The molecule has 1 aliphatic rings. The number of hydrogen-bond acceptors (Lipinski definition) is 6. The number of hydrogen-bond donors (Lipinski definition) is 0. The van der Waals surface area contributed by atoms with Crippen molar-refractivity contribution in [2.24, 2.45) is 0 Å². The van der Waals surface area contributed by atoms with Crippen molar-refractivity contribution in [1.29, 1.82) is 0 Å². The van der Waals surface area contributed by atoms with Gasteiger partial charge in [0.1, 0.15) is 26.4 Å². The van der Waals surface area contributed by atoms with Gasteiger partial charge in [0.25, 0.3) is 0 Å². The molecule has 188 valence electrons. The van der Waals surface area contributed by atoms with Crippen molar-refractivity contribution in [3.05, 3.63) is 47.5 Å². The van der Waals surface area contributed by atoms with Gasteiger partial charge in [-0.1, -0.05) is 39.8 Å². The van der Waals surface area contributed by atoms with Crippen LogP contribution in [0.25, 0.3) is 0 Å². The summed E-state index contributed by atoms with van der Waals surface area (Å²) in [4.78, 5) is 0. The zero-order chi connectivity index (χ0) is 24.2. The summed E-state index contributed by atoms with van der Waals surface area (Å²) in [5, 5.41) is 0. The van der Waals surface area contributed by atoms with E-state index in [4.69, 9.17) is 28.4 Å². The SMILES string of the molecule is CC[C@@H](C)c1ccc2c(c1)OCCOCCOc1ccc([C@@H](C)CC)cc1OCCOCCO2. The lowest BCUT2D eigenvalue weighted by Gasteiger charge is -2.18. The van der Waals surface area contributed by atoms with E-state index in [1.165, 1.54) is 11.1 Å². The molecule has 0 radical (unpaired) electrons. The van der Waals surface area contributed by atoms with Gasteiger partial charge in [-0.05, 0) is 60.1 Å². The van der Waals surface area contributed by atoms with E-state index in [1.54, 1.807) is 0 Å². The highest BCUT2D eigenvalue weighted by atomic mass is 16.6. The molecule has 34 heavy (non-hydrogen) atoms. The fraction of sp³-hybridized carbons (Fsp3) is 0.571. The van der Waals surface area contributed by atoms with Gasteiger partial charge in [-0.3, -0.25) is 0 Å². The Kier molecular flexibility index (Phi) is 10.8. The Morgan fingerprint density at radius 2 is 0.882 bits per heavy atom. The first-order valence-electron chi connectivity index (χ1n) is 12.6. The molecule has 0 saturated carbocycles. The third-order valence-electron chi connectivity index (χ3n) is 6.24. The van der Waals surface area contributed by atoms with Crippen LogP contribution in [0.4, 0.5) is 0 Å². The molecule has 1 aliphatic heterocycles. The van der Waals surface area contributed by atoms with Crippen molar-refractivity contribution >= 4 is 0 Å². The van der Waals surface area contributed by atoms with Crippen LogP contribution in [-0.4, -0.2) is 52.9 Å². The second-order valence-electron chi connectivity index (χ2n) is 8.65. The molecule has 0 aromatic heterocycles. The first-order valence-corrected chi connectivity index (χ1v) is 12.6. The standard InChI is InChI=1S/C28H40O6/c1-5-21(3)23-7-9-25-27(19-23)33-17-13-29-12-16-32-26-10-8-24(22(4)6-2)20-28(26)34-18-14-30-11-15-31-25/h7-10,19-22H,5-6,11-18H2,1-4H3/t21-,22+. The Bertz CT molecular complexity index is 796. The molecule has 2 aromatic rings. The summed E-state index contributed by atoms with van der Waals surface area (Å²) >= 11 is 0. The van der Waals surface area contributed by atoms with E-state index in [9.17, 15) is 0 Å². The first kappa shape index (κ1) is 26.2. The molecule has 0 unspecified atom stereocenters. The highest BCUT2D eigenvalue weighted by Crippen LogP contribution is 2.33. The molecule has 1 heterocycles. The minimum absolute atomic E-state index is 0.438. The van der Waals surface area contributed by atoms with Gasteiger partial charge in [-0.15, -0.1) is 0 Å². The average Bonchev–Trinajstić information content (AvgIpc) is 2.87. The van der Waals surface area contributed by atoms with Crippen LogP contribution in [-0.2, 0) is 9.47 Å². The number of rotatable bonds is 4. The third kappa shape index (κ3) is 7.81. The number of ether oxygens (including phenoxy) is 6. The van der Waals surface area contributed by atoms with Crippen LogP contribution in [0.3, 0.4) is 0 Å². The predicted octanol–water partition coefficient (Wildman–Crippen LogP) is 5.98. The topological polar surface area (TPSA) is 55.4 Å². The summed E-state index contributed by atoms with van der Waals surface area (Å²) < 4.78 is 35.4. The normalized spacial score (nSPS) is 17.8. The maximum absolute atomic E-state index is 6.02. The Hall–Kier alpha value is -2.44. The lowest BCUT2D eigenvalue weighted by atomic mass is 9.98. The summed E-state index contributed by atoms with van der Waals surface area (Å²) in [5.41, 5.74) is 2.48. The summed E-state index contributed by atoms with van der Waals surface area (Å²) in [7, 11) is 0. The molecular formula is C28H40O6. The zero-order valence-electron chi connectivity index (χ0n) is 21.1. The molecule has 6 heteroatoms. The van der Waals surface area contributed by atoms with Crippen LogP contribution >= 0.6 is 0 Å². The van der Waals surface area contributed by atoms with Crippen LogP contribution in [0.15, 0.2) is 36.4 Å². The van der Waals surface area contributed by atoms with Gasteiger partial charge in [-0.2, -0.15) is 0 Å². The Morgan fingerprint density at radius 1 is 0.529 bits per heavy atom. The lowest BCUT2D eigenvalue weighted by Crippen LogP contribution is -2.15. The van der Waals surface area contributed by atoms with Crippen molar-refractivity contribution in [3.63, 3.8) is 0 Å². The largest absolute Gasteiger partial charge is 0.487 e. The van der Waals surface area contributed by atoms with Crippen molar-refractivity contribution in [2.75, 3.05) is 52.9 Å². The van der Waals surface area contributed by atoms with Crippen molar-refractivity contribution in [2.45, 2.75) is 52.4 Å². The first-order chi connectivity index (χ1) is 16.6. The summed E-state index contributed by atoms with van der Waals surface area (Å²) in [6.07, 6.45) is 2.14. The smallest absolute Gasteiger partial charge is 0.161 e. The minimum Gasteiger partial charge on any atom is -0.487 e. The molecule has 0 N–H and O–H groups in total. The average molecular weight is 473 g/mol. The van der Waals surface area contributed by atoms with Gasteiger partial charge in [0, 0.05) is 0 Å². The van der Waals surface area contributed by atoms with Crippen LogP contribution in [0.1, 0.15) is 63.5 Å². The second-order valence-corrected chi connectivity index (χ2v) is 8.65. The van der Waals surface area contributed by atoms with Crippen molar-refractivity contribution < 1.29 is 28.4 Å². The predicted molar refractivity (Wildman–Crippen MR) is 134 cm³/mol. The van der Waals surface area contributed by atoms with E-state index in [0.29, 0.717) is 64.7 Å². The molecule has 2 atom stereocenters. The van der Waals surface area contributed by atoms with Gasteiger partial charge in [0.15, 0.2) is 23.0 Å². The third-order valence-corrected chi connectivity index (χ3v) is 6.24. The molecule has 0 spiro atoms. The second kappa shape index (κ2) is 14.1. The van der Waals surface area contributed by atoms with Gasteiger partial charge in [0.2, 0.25) is 0 Å². The summed E-state index contributed by atoms with van der Waals surface area (Å²) in [5.74, 6) is 3.86. The van der Waals surface area contributed by atoms with E-state index in [1.807, 2.05) is 12.1 Å². The van der Waals surface area contributed by atoms with Crippen LogP contribution < -0.4 is 18.9 Å². The maximum atomic E-state index is 6.02. The van der Waals surface area contributed by atoms with Crippen LogP contribution in [0.5, 0.6) is 23.0 Å². The van der Waals surface area contributed by atoms with E-state index in [2.05, 4.69) is 52.0 Å². The Morgan fingerprint density at radius 3 is 1.24 bits per heavy atom. The quantitative estimate of drug-likeness (QED) is 0.546. The molecule has 2 aromatic carbocycles. The lowest BCUT2D eigenvalue weighted by molar-refractivity contribution is 0.0639. The zero-order valence-corrected chi connectivity index (χ0v) is 21.1. The van der Waals surface area contributed by atoms with E-state index in [0.717, 1.165) is 35.8 Å². The molecule has 0 bridgehead atoms. The van der Waals surface area contributed by atoms with E-state index in [-0.39, 0.29) is 0 Å². The molecule has 0 amide bonds.